The quantitative estimate of drug-likeness (QED) is 0.487. The van der Waals surface area contributed by atoms with Gasteiger partial charge in [-0.05, 0) is 0 Å². The van der Waals surface area contributed by atoms with Crippen molar-refractivity contribution in [1.82, 2.24) is 0 Å². The van der Waals surface area contributed by atoms with Crippen molar-refractivity contribution >= 4 is 98.6 Å². The molecule has 0 saturated heterocycles. The second-order valence-electron chi connectivity index (χ2n) is 4.63. The predicted octanol–water partition coefficient (Wildman–Crippen LogP) is 5.28. The summed E-state index contributed by atoms with van der Waals surface area (Å²) in [6, 6.07) is 0. The Hall–Kier alpha value is 1.47. The minimum Gasteiger partial charge on any atom is -0.295 e. The third kappa shape index (κ3) is 1.16. The molecule has 3 rings (SSSR count). The fourth-order valence-electron chi connectivity index (χ4n) is 2.96. The topological polar surface area (TPSA) is 17.1 Å². The molecule has 0 aliphatic heterocycles. The van der Waals surface area contributed by atoms with Crippen LogP contribution in [0.4, 0.5) is 0 Å². The molecule has 0 aromatic rings. The van der Waals surface area contributed by atoms with Crippen LogP contribution < -0.4 is 0 Å². The summed E-state index contributed by atoms with van der Waals surface area (Å²) in [7, 11) is 0. The van der Waals surface area contributed by atoms with Gasteiger partial charge in [-0.15, -0.1) is 46.4 Å². The molecule has 0 spiro atoms. The van der Waals surface area contributed by atoms with E-state index in [1.54, 1.807) is 0 Å². The molecule has 3 aliphatic rings. The van der Waals surface area contributed by atoms with Crippen LogP contribution in [0.5, 0.6) is 0 Å². The second kappa shape index (κ2) is 3.86. The normalized spacial score (nSPS) is 52.5. The van der Waals surface area contributed by atoms with Crippen LogP contribution in [0.2, 0.25) is 0 Å². The minimum absolute atomic E-state index is 0.0253. The number of carbonyl (C=O) groups is 1. The number of carbonyl (C=O) groups excluding carboxylic acids is 1. The zero-order valence-corrected chi connectivity index (χ0v) is 14.7. The van der Waals surface area contributed by atoms with Gasteiger partial charge >= 0.3 is 0 Å². The molecule has 3 aliphatic carbocycles. The van der Waals surface area contributed by atoms with E-state index in [-0.39, 0.29) is 26.5 Å². The summed E-state index contributed by atoms with van der Waals surface area (Å²) < 4.78 is 0. The SMILES string of the molecule is O=C1[C@@]2(Cl)C(Cl)=C(Cl)[C@@]1(Cl)[C@@]1(Cl)C(Cl)=C(Cl)C[C@@]21Cl. The van der Waals surface area contributed by atoms with Gasteiger partial charge in [0, 0.05) is 11.5 Å². The highest BCUT2D eigenvalue weighted by molar-refractivity contribution is 6.71. The lowest BCUT2D eigenvalue weighted by atomic mass is 9.82. The number of hydrogen-bond acceptors (Lipinski definition) is 1. The molecule has 104 valence electrons. The molecule has 1 fully saturated rings. The number of hydrogen-bond donors (Lipinski definition) is 0. The van der Waals surface area contributed by atoms with Crippen molar-refractivity contribution in [2.24, 2.45) is 0 Å². The van der Waals surface area contributed by atoms with E-state index in [4.69, 9.17) is 92.8 Å². The van der Waals surface area contributed by atoms with Crippen LogP contribution in [0, 0.1) is 0 Å². The minimum atomic E-state index is -1.91. The van der Waals surface area contributed by atoms with E-state index in [1.807, 2.05) is 0 Å². The van der Waals surface area contributed by atoms with Crippen molar-refractivity contribution in [1.29, 1.82) is 0 Å². The Morgan fingerprint density at radius 1 is 0.789 bits per heavy atom. The maximum Gasteiger partial charge on any atom is 0.189 e. The Morgan fingerprint density at radius 2 is 1.26 bits per heavy atom. The molecule has 0 radical (unpaired) electrons. The smallest absolute Gasteiger partial charge is 0.189 e. The Labute approximate surface area is 148 Å². The molecule has 0 heterocycles. The van der Waals surface area contributed by atoms with Crippen LogP contribution in [-0.4, -0.2) is 25.3 Å². The van der Waals surface area contributed by atoms with Crippen molar-refractivity contribution in [2.45, 2.75) is 25.9 Å². The van der Waals surface area contributed by atoms with Crippen molar-refractivity contribution in [3.8, 4) is 0 Å². The summed E-state index contributed by atoms with van der Waals surface area (Å²) in [5.74, 6) is -0.675. The molecule has 9 heteroatoms. The molecule has 0 aromatic carbocycles. The van der Waals surface area contributed by atoms with Crippen LogP contribution in [0.15, 0.2) is 20.1 Å². The van der Waals surface area contributed by atoms with Gasteiger partial charge in [0.2, 0.25) is 0 Å². The van der Waals surface area contributed by atoms with Gasteiger partial charge in [0.15, 0.2) is 15.5 Å². The molecule has 0 amide bonds. The predicted molar refractivity (Wildman–Crippen MR) is 81.4 cm³/mol. The van der Waals surface area contributed by atoms with Gasteiger partial charge in [0.25, 0.3) is 0 Å². The third-order valence-corrected chi connectivity index (χ3v) is 9.31. The van der Waals surface area contributed by atoms with Crippen LogP contribution >= 0.6 is 92.8 Å². The van der Waals surface area contributed by atoms with Crippen LogP contribution in [-0.2, 0) is 4.79 Å². The summed E-state index contributed by atoms with van der Waals surface area (Å²) in [5.41, 5.74) is 0. The zero-order valence-electron chi connectivity index (χ0n) is 8.64. The van der Waals surface area contributed by atoms with Gasteiger partial charge in [0.05, 0.1) is 15.1 Å². The van der Waals surface area contributed by atoms with Gasteiger partial charge in [-0.3, -0.25) is 4.79 Å². The highest BCUT2D eigenvalue weighted by atomic mass is 35.5. The summed E-state index contributed by atoms with van der Waals surface area (Å²) in [6.45, 7) is 0. The molecular weight excluding hydrogens is 420 g/mol. The molecule has 1 nitrogen and oxygen atoms in total. The number of allylic oxidation sites excluding steroid dienone is 4. The first-order valence-electron chi connectivity index (χ1n) is 4.92. The molecule has 0 unspecified atom stereocenters. The molecule has 0 aromatic heterocycles. The summed E-state index contributed by atoms with van der Waals surface area (Å²) in [5, 5.41) is -0.131. The highest BCUT2D eigenvalue weighted by Crippen LogP contribution is 2.78. The van der Waals surface area contributed by atoms with Crippen molar-refractivity contribution < 1.29 is 4.79 Å². The van der Waals surface area contributed by atoms with Crippen LogP contribution in [0.1, 0.15) is 6.42 Å². The molecular formula is C10H2Cl8O. The lowest BCUT2D eigenvalue weighted by Gasteiger charge is -2.44. The number of alkyl halides is 4. The average Bonchev–Trinajstić information content (AvgIpc) is 2.67. The van der Waals surface area contributed by atoms with E-state index in [9.17, 15) is 4.79 Å². The van der Waals surface area contributed by atoms with E-state index in [0.717, 1.165) is 0 Å². The molecule has 1 saturated carbocycles. The zero-order chi connectivity index (χ0) is 14.6. The lowest BCUT2D eigenvalue weighted by Crippen LogP contribution is -2.58. The Balaban J connectivity index is 2.46. The van der Waals surface area contributed by atoms with Crippen LogP contribution in [0.3, 0.4) is 0 Å². The summed E-state index contributed by atoms with van der Waals surface area (Å²) in [6.07, 6.45) is -0.0253. The first kappa shape index (κ1) is 15.4. The maximum absolute atomic E-state index is 12.5. The number of halogens is 8. The van der Waals surface area contributed by atoms with Crippen molar-refractivity contribution in [2.75, 3.05) is 0 Å². The van der Waals surface area contributed by atoms with E-state index >= 15 is 0 Å². The second-order valence-corrected chi connectivity index (χ2v) is 8.57. The lowest BCUT2D eigenvalue weighted by molar-refractivity contribution is -0.119. The van der Waals surface area contributed by atoms with E-state index in [2.05, 4.69) is 0 Å². The summed E-state index contributed by atoms with van der Waals surface area (Å²) >= 11 is 50.1. The van der Waals surface area contributed by atoms with Gasteiger partial charge in [-0.2, -0.15) is 0 Å². The summed E-state index contributed by atoms with van der Waals surface area (Å²) in [4.78, 5) is 5.50. The first-order valence-corrected chi connectivity index (χ1v) is 7.95. The number of fused-ring (bicyclic) bond motifs is 5. The van der Waals surface area contributed by atoms with E-state index in [0.29, 0.717) is 0 Å². The highest BCUT2D eigenvalue weighted by Gasteiger charge is 2.90. The fraction of sp³-hybridized carbons (Fsp3) is 0.500. The Bertz CT molecular complexity index is 611. The molecule has 4 atom stereocenters. The van der Waals surface area contributed by atoms with Gasteiger partial charge in [0.1, 0.15) is 9.75 Å². The van der Waals surface area contributed by atoms with Crippen LogP contribution in [0.25, 0.3) is 0 Å². The van der Waals surface area contributed by atoms with E-state index in [1.165, 1.54) is 0 Å². The van der Waals surface area contributed by atoms with Crippen molar-refractivity contribution in [3.63, 3.8) is 0 Å². The fourth-order valence-corrected chi connectivity index (χ4v) is 6.97. The first-order chi connectivity index (χ1) is 8.51. The molecule has 2 bridgehead atoms. The van der Waals surface area contributed by atoms with Gasteiger partial charge in [-0.1, -0.05) is 46.4 Å². The maximum atomic E-state index is 12.5. The Morgan fingerprint density at radius 3 is 1.79 bits per heavy atom. The van der Waals surface area contributed by atoms with Crippen molar-refractivity contribution in [3.05, 3.63) is 20.1 Å². The van der Waals surface area contributed by atoms with Gasteiger partial charge < -0.3 is 0 Å². The largest absolute Gasteiger partial charge is 0.295 e. The molecule has 0 N–H and O–H groups in total. The van der Waals surface area contributed by atoms with Gasteiger partial charge in [-0.25, -0.2) is 0 Å². The number of ketones is 1. The Kier molecular flexibility index (Phi) is 3.12. The van der Waals surface area contributed by atoms with E-state index < -0.39 is 25.3 Å². The number of Topliss-reactive ketones (excluding diaryl/α,β-unsaturated/α-hetero) is 1. The third-order valence-electron chi connectivity index (χ3n) is 3.93. The number of rotatable bonds is 0. The standard InChI is InChI=1S/C10H2Cl8O/c11-2-1-7(15)8(16)4(13)5(14)9(17,6(8)19)10(7,18)3(2)12/h1H2/t7-,8+,9+,10-/m1/s1. The average molecular weight is 422 g/mol. The monoisotopic (exact) mass is 418 g/mol. The molecule has 19 heavy (non-hydrogen) atoms.